The molecule has 1 aliphatic heterocycles. The lowest BCUT2D eigenvalue weighted by atomic mass is 10.0. The maximum atomic E-state index is 12.9. The predicted molar refractivity (Wildman–Crippen MR) is 71.4 cm³/mol. The number of nitrogens with one attached hydrogen (secondary N) is 1. The van der Waals surface area contributed by atoms with Crippen molar-refractivity contribution in [3.8, 4) is 11.1 Å². The number of rotatable bonds is 1. The molecule has 3 rings (SSSR count). The molecular formula is C13H13ClF3N3. The third-order valence-corrected chi connectivity index (χ3v) is 3.25. The summed E-state index contributed by atoms with van der Waals surface area (Å²) < 4.78 is 40.0. The second-order valence-electron chi connectivity index (χ2n) is 4.65. The molecule has 0 saturated heterocycles. The fourth-order valence-corrected chi connectivity index (χ4v) is 2.37. The quantitative estimate of drug-likeness (QED) is 0.877. The minimum absolute atomic E-state index is 0. The largest absolute Gasteiger partial charge is 0.435 e. The van der Waals surface area contributed by atoms with Crippen molar-refractivity contribution in [1.82, 2.24) is 15.1 Å². The average Bonchev–Trinajstić information content (AvgIpc) is 2.92. The number of nitrogens with zero attached hydrogens (tertiary/aromatic N) is 2. The van der Waals surface area contributed by atoms with E-state index in [2.05, 4.69) is 10.4 Å². The Kier molecular flexibility index (Phi) is 3.80. The predicted octanol–water partition coefficient (Wildman–Crippen LogP) is 3.13. The summed E-state index contributed by atoms with van der Waals surface area (Å²) in [5.74, 6) is 0. The molecule has 108 valence electrons. The summed E-state index contributed by atoms with van der Waals surface area (Å²) >= 11 is 0. The number of alkyl halides is 3. The van der Waals surface area contributed by atoms with Crippen molar-refractivity contribution in [3.05, 3.63) is 41.2 Å². The number of hydrogen-bond donors (Lipinski definition) is 1. The van der Waals surface area contributed by atoms with Crippen LogP contribution < -0.4 is 5.32 Å². The van der Waals surface area contributed by atoms with Crippen LogP contribution in [0.2, 0.25) is 0 Å². The van der Waals surface area contributed by atoms with Crippen molar-refractivity contribution in [2.24, 2.45) is 7.05 Å². The van der Waals surface area contributed by atoms with Gasteiger partial charge in [0.05, 0.1) is 0 Å². The summed E-state index contributed by atoms with van der Waals surface area (Å²) in [6, 6.07) is 5.40. The highest BCUT2D eigenvalue weighted by molar-refractivity contribution is 5.85. The molecule has 2 aromatic rings. The first-order valence-electron chi connectivity index (χ1n) is 5.89. The zero-order valence-corrected chi connectivity index (χ0v) is 11.5. The summed E-state index contributed by atoms with van der Waals surface area (Å²) in [5, 5.41) is 6.70. The Hall–Kier alpha value is -1.53. The molecule has 20 heavy (non-hydrogen) atoms. The fraction of sp³-hybridized carbons (Fsp3) is 0.308. The minimum atomic E-state index is -4.44. The highest BCUT2D eigenvalue weighted by atomic mass is 35.5. The second-order valence-corrected chi connectivity index (χ2v) is 4.65. The summed E-state index contributed by atoms with van der Waals surface area (Å²) in [7, 11) is 1.49. The van der Waals surface area contributed by atoms with Crippen LogP contribution in [0.25, 0.3) is 11.1 Å². The minimum Gasteiger partial charge on any atom is -0.309 e. The van der Waals surface area contributed by atoms with Crippen molar-refractivity contribution in [1.29, 1.82) is 0 Å². The van der Waals surface area contributed by atoms with Crippen LogP contribution in [-0.2, 0) is 26.3 Å². The molecule has 0 bridgehead atoms. The SMILES string of the molecule is Cl.Cn1cc(-c2ccc3c(c2)CNC3)c(C(F)(F)F)n1. The lowest BCUT2D eigenvalue weighted by Gasteiger charge is -2.07. The van der Waals surface area contributed by atoms with Gasteiger partial charge in [-0.25, -0.2) is 0 Å². The normalized spacial score (nSPS) is 14.0. The van der Waals surface area contributed by atoms with Crippen molar-refractivity contribution in [2.45, 2.75) is 19.3 Å². The maximum Gasteiger partial charge on any atom is 0.435 e. The van der Waals surface area contributed by atoms with Gasteiger partial charge in [0.1, 0.15) is 0 Å². The van der Waals surface area contributed by atoms with Crippen molar-refractivity contribution in [3.63, 3.8) is 0 Å². The van der Waals surface area contributed by atoms with Gasteiger partial charge in [-0.15, -0.1) is 12.4 Å². The maximum absolute atomic E-state index is 12.9. The fourth-order valence-electron chi connectivity index (χ4n) is 2.37. The first-order chi connectivity index (χ1) is 8.95. The van der Waals surface area contributed by atoms with Gasteiger partial charge >= 0.3 is 6.18 Å². The van der Waals surface area contributed by atoms with E-state index in [0.717, 1.165) is 17.7 Å². The zero-order valence-electron chi connectivity index (χ0n) is 10.7. The summed E-state index contributed by atoms with van der Waals surface area (Å²) in [5.41, 5.74) is 2.05. The van der Waals surface area contributed by atoms with Crippen LogP contribution in [0.15, 0.2) is 24.4 Å². The molecule has 0 radical (unpaired) electrons. The molecule has 0 fully saturated rings. The second kappa shape index (κ2) is 5.10. The van der Waals surface area contributed by atoms with Gasteiger partial charge in [0.25, 0.3) is 0 Å². The Morgan fingerprint density at radius 3 is 2.60 bits per heavy atom. The van der Waals surface area contributed by atoms with Crippen molar-refractivity contribution < 1.29 is 13.2 Å². The number of fused-ring (bicyclic) bond motifs is 1. The molecular weight excluding hydrogens is 291 g/mol. The number of aryl methyl sites for hydroxylation is 1. The number of benzene rings is 1. The molecule has 1 aliphatic rings. The van der Waals surface area contributed by atoms with Gasteiger partial charge in [0.2, 0.25) is 0 Å². The van der Waals surface area contributed by atoms with E-state index in [9.17, 15) is 13.2 Å². The number of hydrogen-bond acceptors (Lipinski definition) is 2. The van der Waals surface area contributed by atoms with E-state index in [4.69, 9.17) is 0 Å². The molecule has 1 N–H and O–H groups in total. The Morgan fingerprint density at radius 1 is 1.20 bits per heavy atom. The summed E-state index contributed by atoms with van der Waals surface area (Å²) in [6.45, 7) is 1.47. The molecule has 1 aromatic carbocycles. The Labute approximate surface area is 120 Å². The number of aromatic nitrogens is 2. The topological polar surface area (TPSA) is 29.9 Å². The monoisotopic (exact) mass is 303 g/mol. The van der Waals surface area contributed by atoms with E-state index >= 15 is 0 Å². The highest BCUT2D eigenvalue weighted by Crippen LogP contribution is 2.36. The van der Waals surface area contributed by atoms with Crippen LogP contribution in [0.5, 0.6) is 0 Å². The van der Waals surface area contributed by atoms with Gasteiger partial charge in [0, 0.05) is 31.9 Å². The van der Waals surface area contributed by atoms with Crippen LogP contribution in [0, 0.1) is 0 Å². The molecule has 0 spiro atoms. The Balaban J connectivity index is 0.00000147. The van der Waals surface area contributed by atoms with E-state index in [1.54, 1.807) is 6.07 Å². The standard InChI is InChI=1S/C13H12F3N3.ClH/c1-19-7-11(12(18-19)13(14,15)16)8-2-3-9-5-17-6-10(9)4-8;/h2-4,7,17H,5-6H2,1H3;1H. The lowest BCUT2D eigenvalue weighted by Crippen LogP contribution is -2.08. The van der Waals surface area contributed by atoms with Crippen LogP contribution in [0.3, 0.4) is 0 Å². The van der Waals surface area contributed by atoms with E-state index in [1.807, 2.05) is 12.1 Å². The van der Waals surface area contributed by atoms with Crippen LogP contribution >= 0.6 is 12.4 Å². The van der Waals surface area contributed by atoms with Gasteiger partial charge in [-0.05, 0) is 22.8 Å². The van der Waals surface area contributed by atoms with Gasteiger partial charge in [-0.1, -0.05) is 12.1 Å². The van der Waals surface area contributed by atoms with Gasteiger partial charge in [0.15, 0.2) is 5.69 Å². The Bertz CT molecular complexity index is 634. The molecule has 3 nitrogen and oxygen atoms in total. The van der Waals surface area contributed by atoms with E-state index < -0.39 is 11.9 Å². The average molecular weight is 304 g/mol. The molecule has 0 unspecified atom stereocenters. The molecule has 2 heterocycles. The molecule has 0 aliphatic carbocycles. The third-order valence-electron chi connectivity index (χ3n) is 3.25. The van der Waals surface area contributed by atoms with E-state index in [1.165, 1.54) is 17.9 Å². The van der Waals surface area contributed by atoms with Crippen molar-refractivity contribution >= 4 is 12.4 Å². The van der Waals surface area contributed by atoms with Crippen molar-refractivity contribution in [2.75, 3.05) is 0 Å². The first-order valence-corrected chi connectivity index (χ1v) is 5.89. The van der Waals surface area contributed by atoms with E-state index in [-0.39, 0.29) is 18.0 Å². The van der Waals surface area contributed by atoms with Crippen LogP contribution in [0.4, 0.5) is 13.2 Å². The summed E-state index contributed by atoms with van der Waals surface area (Å²) in [6.07, 6.45) is -3.03. The van der Waals surface area contributed by atoms with Crippen LogP contribution in [0.1, 0.15) is 16.8 Å². The molecule has 7 heteroatoms. The molecule has 0 atom stereocenters. The Morgan fingerprint density at radius 2 is 1.90 bits per heavy atom. The lowest BCUT2D eigenvalue weighted by molar-refractivity contribution is -0.140. The van der Waals surface area contributed by atoms with Gasteiger partial charge in [-0.3, -0.25) is 4.68 Å². The number of halogens is 4. The third kappa shape index (κ3) is 2.53. The van der Waals surface area contributed by atoms with E-state index in [0.29, 0.717) is 12.1 Å². The molecule has 0 amide bonds. The summed E-state index contributed by atoms with van der Waals surface area (Å²) in [4.78, 5) is 0. The molecule has 0 saturated carbocycles. The van der Waals surface area contributed by atoms with Gasteiger partial charge < -0.3 is 5.32 Å². The van der Waals surface area contributed by atoms with Crippen LogP contribution in [-0.4, -0.2) is 9.78 Å². The van der Waals surface area contributed by atoms with Gasteiger partial charge in [-0.2, -0.15) is 18.3 Å². The highest BCUT2D eigenvalue weighted by Gasteiger charge is 2.37. The first kappa shape index (κ1) is 14.9. The smallest absolute Gasteiger partial charge is 0.309 e. The molecule has 1 aromatic heterocycles. The zero-order chi connectivity index (χ0) is 13.6.